The normalized spacial score (nSPS) is 18.5. The standard InChI is InChI=1S/C23H29BrN4O/c1-26-11-13-28(14-12-26)22(16-25-23(29)17-3-6-20(24)7-4-17)18-5-8-21-19(15-18)9-10-27(21)2/h3-8,15,22H,9-14,16H2,1-2H3,(H,25,29)/t22-/m1/s1. The smallest absolute Gasteiger partial charge is 0.251 e. The minimum Gasteiger partial charge on any atom is -0.374 e. The van der Waals surface area contributed by atoms with Crippen molar-refractivity contribution < 1.29 is 4.79 Å². The Bertz CT molecular complexity index is 862. The van der Waals surface area contributed by atoms with Gasteiger partial charge in [0.1, 0.15) is 0 Å². The lowest BCUT2D eigenvalue weighted by Crippen LogP contribution is -2.48. The van der Waals surface area contributed by atoms with Gasteiger partial charge in [-0.2, -0.15) is 0 Å². The van der Waals surface area contributed by atoms with Gasteiger partial charge in [-0.3, -0.25) is 9.69 Å². The number of halogens is 1. The van der Waals surface area contributed by atoms with E-state index >= 15 is 0 Å². The van der Waals surface area contributed by atoms with Gasteiger partial charge in [-0.15, -0.1) is 0 Å². The number of carbonyl (C=O) groups is 1. The van der Waals surface area contributed by atoms with Crippen LogP contribution in [0.15, 0.2) is 46.9 Å². The molecule has 154 valence electrons. The molecule has 1 saturated heterocycles. The highest BCUT2D eigenvalue weighted by atomic mass is 79.9. The van der Waals surface area contributed by atoms with Crippen molar-refractivity contribution in [2.75, 3.05) is 58.3 Å². The second-order valence-corrected chi connectivity index (χ2v) is 9.05. The molecule has 5 nitrogen and oxygen atoms in total. The highest BCUT2D eigenvalue weighted by Crippen LogP contribution is 2.31. The fourth-order valence-corrected chi connectivity index (χ4v) is 4.54. The number of hydrogen-bond acceptors (Lipinski definition) is 4. The molecule has 0 aromatic heterocycles. The lowest BCUT2D eigenvalue weighted by atomic mass is 10.00. The molecule has 1 amide bonds. The quantitative estimate of drug-likeness (QED) is 0.749. The third kappa shape index (κ3) is 4.65. The number of anilines is 1. The molecule has 1 N–H and O–H groups in total. The molecule has 2 aliphatic rings. The minimum atomic E-state index is -0.0162. The molecule has 2 aromatic carbocycles. The van der Waals surface area contributed by atoms with Crippen LogP contribution in [0.1, 0.15) is 27.5 Å². The third-order valence-corrected chi connectivity index (χ3v) is 6.69. The molecular formula is C23H29BrN4O. The largest absolute Gasteiger partial charge is 0.374 e. The summed E-state index contributed by atoms with van der Waals surface area (Å²) in [6, 6.07) is 14.6. The Morgan fingerprint density at radius 2 is 1.76 bits per heavy atom. The Morgan fingerprint density at radius 3 is 2.48 bits per heavy atom. The number of fused-ring (bicyclic) bond motifs is 1. The number of rotatable bonds is 5. The maximum atomic E-state index is 12.7. The number of nitrogens with zero attached hydrogens (tertiary/aromatic N) is 3. The second kappa shape index (κ2) is 8.86. The fraction of sp³-hybridized carbons (Fsp3) is 0.435. The van der Waals surface area contributed by atoms with Crippen LogP contribution in [0.3, 0.4) is 0 Å². The number of hydrogen-bond donors (Lipinski definition) is 1. The fourth-order valence-electron chi connectivity index (χ4n) is 4.28. The van der Waals surface area contributed by atoms with E-state index in [1.807, 2.05) is 24.3 Å². The van der Waals surface area contributed by atoms with Gasteiger partial charge >= 0.3 is 0 Å². The van der Waals surface area contributed by atoms with Crippen LogP contribution in [-0.4, -0.2) is 69.1 Å². The van der Waals surface area contributed by atoms with E-state index < -0.39 is 0 Å². The number of likely N-dealkylation sites (N-methyl/N-ethyl adjacent to an activating group) is 2. The Balaban J connectivity index is 1.52. The van der Waals surface area contributed by atoms with Crippen molar-refractivity contribution in [2.45, 2.75) is 12.5 Å². The van der Waals surface area contributed by atoms with Crippen LogP contribution in [0.4, 0.5) is 5.69 Å². The second-order valence-electron chi connectivity index (χ2n) is 8.13. The number of amides is 1. The molecule has 29 heavy (non-hydrogen) atoms. The van der Waals surface area contributed by atoms with E-state index in [0.29, 0.717) is 12.1 Å². The van der Waals surface area contributed by atoms with Gasteiger partial charge in [-0.25, -0.2) is 0 Å². The Hall–Kier alpha value is -1.89. The summed E-state index contributed by atoms with van der Waals surface area (Å²) in [6.07, 6.45) is 1.10. The summed E-state index contributed by atoms with van der Waals surface area (Å²) in [7, 11) is 4.33. The van der Waals surface area contributed by atoms with E-state index in [0.717, 1.165) is 43.6 Å². The van der Waals surface area contributed by atoms with Crippen molar-refractivity contribution in [1.82, 2.24) is 15.1 Å². The maximum Gasteiger partial charge on any atom is 0.251 e. The summed E-state index contributed by atoms with van der Waals surface area (Å²) in [5.74, 6) is -0.0162. The monoisotopic (exact) mass is 456 g/mol. The topological polar surface area (TPSA) is 38.8 Å². The van der Waals surface area contributed by atoms with Gasteiger partial charge in [-0.1, -0.05) is 28.1 Å². The zero-order chi connectivity index (χ0) is 20.4. The lowest BCUT2D eigenvalue weighted by molar-refractivity contribution is 0.0886. The minimum absolute atomic E-state index is 0.0162. The zero-order valence-electron chi connectivity index (χ0n) is 17.2. The molecule has 0 aliphatic carbocycles. The summed E-state index contributed by atoms with van der Waals surface area (Å²) in [4.78, 5) is 19.9. The van der Waals surface area contributed by atoms with Gasteiger partial charge in [-0.05, 0) is 54.9 Å². The highest BCUT2D eigenvalue weighted by Gasteiger charge is 2.26. The summed E-state index contributed by atoms with van der Waals surface area (Å²) in [5, 5.41) is 3.18. The van der Waals surface area contributed by atoms with Crippen LogP contribution in [0.2, 0.25) is 0 Å². The van der Waals surface area contributed by atoms with Crippen LogP contribution in [0, 0.1) is 0 Å². The number of piperazine rings is 1. The van der Waals surface area contributed by atoms with Gasteiger partial charge < -0.3 is 15.1 Å². The van der Waals surface area contributed by atoms with Crippen molar-refractivity contribution in [2.24, 2.45) is 0 Å². The molecule has 1 fully saturated rings. The van der Waals surface area contributed by atoms with Crippen molar-refractivity contribution in [3.63, 3.8) is 0 Å². The molecule has 0 unspecified atom stereocenters. The van der Waals surface area contributed by atoms with Crippen LogP contribution in [-0.2, 0) is 6.42 Å². The Kier molecular flexibility index (Phi) is 6.23. The maximum absolute atomic E-state index is 12.7. The van der Waals surface area contributed by atoms with Crippen LogP contribution >= 0.6 is 15.9 Å². The predicted octanol–water partition coefficient (Wildman–Crippen LogP) is 3.16. The van der Waals surface area contributed by atoms with Crippen molar-refractivity contribution in [1.29, 1.82) is 0 Å². The molecule has 2 aliphatic heterocycles. The highest BCUT2D eigenvalue weighted by molar-refractivity contribution is 9.10. The van der Waals surface area contributed by atoms with Gasteiger partial charge in [0.15, 0.2) is 0 Å². The van der Waals surface area contributed by atoms with E-state index in [1.165, 1.54) is 16.8 Å². The van der Waals surface area contributed by atoms with Gasteiger partial charge in [0.05, 0.1) is 6.04 Å². The van der Waals surface area contributed by atoms with Crippen molar-refractivity contribution >= 4 is 27.5 Å². The average Bonchev–Trinajstić information content (AvgIpc) is 3.10. The first kappa shape index (κ1) is 20.4. The predicted molar refractivity (Wildman–Crippen MR) is 122 cm³/mol. The molecule has 4 rings (SSSR count). The molecule has 1 atom stereocenters. The molecule has 0 radical (unpaired) electrons. The molecule has 0 bridgehead atoms. The molecule has 0 spiro atoms. The SMILES string of the molecule is CN1CCN([C@H](CNC(=O)c2ccc(Br)cc2)c2ccc3c(c2)CCN3C)CC1. The van der Waals surface area contributed by atoms with Crippen LogP contribution in [0.5, 0.6) is 0 Å². The van der Waals surface area contributed by atoms with E-state index in [1.54, 1.807) is 0 Å². The van der Waals surface area contributed by atoms with Gasteiger partial charge in [0.25, 0.3) is 5.91 Å². The van der Waals surface area contributed by atoms with Crippen LogP contribution < -0.4 is 10.2 Å². The van der Waals surface area contributed by atoms with Gasteiger partial charge in [0, 0.05) is 62.0 Å². The van der Waals surface area contributed by atoms with E-state index in [2.05, 4.69) is 68.2 Å². The van der Waals surface area contributed by atoms with E-state index in [-0.39, 0.29) is 11.9 Å². The number of carbonyl (C=O) groups excluding carboxylic acids is 1. The molecular weight excluding hydrogens is 428 g/mol. The van der Waals surface area contributed by atoms with Gasteiger partial charge in [0.2, 0.25) is 0 Å². The summed E-state index contributed by atoms with van der Waals surface area (Å²) >= 11 is 3.43. The first-order chi connectivity index (χ1) is 14.0. The summed E-state index contributed by atoms with van der Waals surface area (Å²) in [5.41, 5.74) is 4.76. The number of nitrogens with one attached hydrogen (secondary N) is 1. The number of benzene rings is 2. The third-order valence-electron chi connectivity index (χ3n) is 6.16. The van der Waals surface area contributed by atoms with Crippen molar-refractivity contribution in [3.8, 4) is 0 Å². The molecule has 0 saturated carbocycles. The van der Waals surface area contributed by atoms with E-state index in [4.69, 9.17) is 0 Å². The molecule has 6 heteroatoms. The average molecular weight is 457 g/mol. The lowest BCUT2D eigenvalue weighted by Gasteiger charge is -2.38. The first-order valence-electron chi connectivity index (χ1n) is 10.3. The summed E-state index contributed by atoms with van der Waals surface area (Å²) in [6.45, 7) is 5.86. The Labute approximate surface area is 181 Å². The van der Waals surface area contributed by atoms with Crippen LogP contribution in [0.25, 0.3) is 0 Å². The summed E-state index contributed by atoms with van der Waals surface area (Å²) < 4.78 is 0.979. The molecule has 2 heterocycles. The zero-order valence-corrected chi connectivity index (χ0v) is 18.8. The van der Waals surface area contributed by atoms with Crippen molar-refractivity contribution in [3.05, 3.63) is 63.6 Å². The molecule has 2 aromatic rings. The van der Waals surface area contributed by atoms with E-state index in [9.17, 15) is 4.79 Å². The first-order valence-corrected chi connectivity index (χ1v) is 11.1. The Morgan fingerprint density at radius 1 is 1.03 bits per heavy atom.